The highest BCUT2D eigenvalue weighted by atomic mass is 35.5. The van der Waals surface area contributed by atoms with Crippen LogP contribution in [-0.2, 0) is 16.1 Å². The van der Waals surface area contributed by atoms with Gasteiger partial charge in [-0.2, -0.15) is 0 Å². The lowest BCUT2D eigenvalue weighted by Gasteiger charge is -2.26. The van der Waals surface area contributed by atoms with Gasteiger partial charge in [0.1, 0.15) is 5.75 Å². The molecule has 1 amide bonds. The summed E-state index contributed by atoms with van der Waals surface area (Å²) in [5.41, 5.74) is 0.630. The fraction of sp³-hybridized carbons (Fsp3) is 0.286. The summed E-state index contributed by atoms with van der Waals surface area (Å²) in [5, 5.41) is 33.1. The lowest BCUT2D eigenvalue weighted by atomic mass is 10.2. The fourth-order valence-electron chi connectivity index (χ4n) is 3.36. The van der Waals surface area contributed by atoms with Crippen molar-refractivity contribution in [2.45, 2.75) is 11.7 Å². The Bertz CT molecular complexity index is 1180. The smallest absolute Gasteiger partial charge is 0.273 e. The van der Waals surface area contributed by atoms with Gasteiger partial charge in [0.15, 0.2) is 11.0 Å². The van der Waals surface area contributed by atoms with Gasteiger partial charge in [0.25, 0.3) is 5.69 Å². The van der Waals surface area contributed by atoms with Crippen LogP contribution in [0.5, 0.6) is 5.75 Å². The minimum atomic E-state index is -0.626. The first kappa shape index (κ1) is 24.0. The number of carbonyl (C=O) groups is 1. The zero-order valence-corrected chi connectivity index (χ0v) is 19.5. The lowest BCUT2D eigenvalue weighted by Crippen LogP contribution is -2.36. The number of morpholine rings is 1. The quantitative estimate of drug-likeness (QED) is 0.205. The van der Waals surface area contributed by atoms with Gasteiger partial charge in [0.05, 0.1) is 42.2 Å². The second-order valence-electron chi connectivity index (χ2n) is 7.39. The molecule has 2 heterocycles. The topological polar surface area (TPSA) is 136 Å². The number of nitro benzene ring substituents is 1. The summed E-state index contributed by atoms with van der Waals surface area (Å²) >= 11 is 7.23. The number of aromatic hydroxyl groups is 1. The molecule has 1 fully saturated rings. The van der Waals surface area contributed by atoms with Crippen molar-refractivity contribution in [2.75, 3.05) is 37.4 Å². The van der Waals surface area contributed by atoms with Crippen molar-refractivity contribution in [3.05, 3.63) is 63.4 Å². The highest BCUT2D eigenvalue weighted by molar-refractivity contribution is 7.99. The van der Waals surface area contributed by atoms with Gasteiger partial charge in [-0.3, -0.25) is 24.4 Å². The summed E-state index contributed by atoms with van der Waals surface area (Å²) in [5.74, 6) is -0.0842. The molecule has 1 aliphatic heterocycles. The molecule has 1 aliphatic rings. The van der Waals surface area contributed by atoms with Crippen LogP contribution >= 0.6 is 23.4 Å². The normalized spacial score (nSPS) is 14.1. The second kappa shape index (κ2) is 10.8. The van der Waals surface area contributed by atoms with E-state index in [1.165, 1.54) is 23.9 Å². The predicted molar refractivity (Wildman–Crippen MR) is 127 cm³/mol. The van der Waals surface area contributed by atoms with Crippen molar-refractivity contribution in [1.82, 2.24) is 19.7 Å². The maximum Gasteiger partial charge on any atom is 0.273 e. The number of ether oxygens (including phenoxy) is 1. The highest BCUT2D eigenvalue weighted by Gasteiger charge is 2.20. The Morgan fingerprint density at radius 2 is 1.94 bits per heavy atom. The number of aromatic nitrogens is 3. The lowest BCUT2D eigenvalue weighted by molar-refractivity contribution is -0.384. The molecule has 1 saturated heterocycles. The van der Waals surface area contributed by atoms with E-state index in [1.807, 2.05) is 16.7 Å². The molecule has 1 aromatic heterocycles. The monoisotopic (exact) mass is 504 g/mol. The Morgan fingerprint density at radius 3 is 2.62 bits per heavy atom. The number of rotatable bonds is 8. The Hall–Kier alpha value is -3.19. The minimum absolute atomic E-state index is 0.0142. The highest BCUT2D eigenvalue weighted by Crippen LogP contribution is 2.29. The van der Waals surface area contributed by atoms with Gasteiger partial charge in [0, 0.05) is 29.9 Å². The number of nitrogens with zero attached hydrogens (tertiary/aromatic N) is 5. The number of non-ortho nitro benzene ring substituents is 1. The van der Waals surface area contributed by atoms with Gasteiger partial charge in [-0.15, -0.1) is 10.2 Å². The number of phenols is 1. The van der Waals surface area contributed by atoms with E-state index in [2.05, 4.69) is 20.4 Å². The van der Waals surface area contributed by atoms with Crippen LogP contribution in [0, 0.1) is 10.1 Å². The molecule has 13 heteroatoms. The Balaban J connectivity index is 1.49. The average Bonchev–Trinajstić information content (AvgIpc) is 3.22. The summed E-state index contributed by atoms with van der Waals surface area (Å²) in [6.45, 7) is 3.47. The van der Waals surface area contributed by atoms with Crippen LogP contribution in [0.3, 0.4) is 0 Å². The van der Waals surface area contributed by atoms with E-state index in [0.29, 0.717) is 29.9 Å². The van der Waals surface area contributed by atoms with E-state index in [1.54, 1.807) is 12.1 Å². The van der Waals surface area contributed by atoms with E-state index in [-0.39, 0.29) is 22.9 Å². The van der Waals surface area contributed by atoms with Crippen molar-refractivity contribution in [1.29, 1.82) is 0 Å². The van der Waals surface area contributed by atoms with Crippen LogP contribution < -0.4 is 5.32 Å². The third kappa shape index (κ3) is 5.83. The average molecular weight is 505 g/mol. The molecule has 0 unspecified atom stereocenters. The van der Waals surface area contributed by atoms with E-state index < -0.39 is 10.8 Å². The van der Waals surface area contributed by atoms with Crippen molar-refractivity contribution in [2.24, 2.45) is 0 Å². The predicted octanol–water partition coefficient (Wildman–Crippen LogP) is 3.10. The fourth-order valence-corrected chi connectivity index (χ4v) is 4.26. The van der Waals surface area contributed by atoms with Crippen molar-refractivity contribution in [3.63, 3.8) is 0 Å². The molecule has 0 radical (unpaired) electrons. The zero-order chi connectivity index (χ0) is 24.1. The maximum atomic E-state index is 12.5. The first-order valence-corrected chi connectivity index (χ1v) is 11.7. The molecule has 11 nitrogen and oxygen atoms in total. The zero-order valence-electron chi connectivity index (χ0n) is 17.9. The third-order valence-corrected chi connectivity index (χ3v) is 6.23. The van der Waals surface area contributed by atoms with Gasteiger partial charge in [-0.05, 0) is 30.3 Å². The number of amides is 1. The number of carbonyl (C=O) groups excluding carboxylic acids is 1. The van der Waals surface area contributed by atoms with Crippen LogP contribution in [0.1, 0.15) is 5.82 Å². The molecule has 0 bridgehead atoms. The molecule has 3 aromatic rings. The minimum Gasteiger partial charge on any atom is -0.506 e. The molecule has 178 valence electrons. The number of nitro groups is 1. The third-order valence-electron chi connectivity index (χ3n) is 5.05. The molecule has 2 N–H and O–H groups in total. The molecule has 34 heavy (non-hydrogen) atoms. The van der Waals surface area contributed by atoms with Crippen LogP contribution in [0.25, 0.3) is 5.69 Å². The number of nitrogens with one attached hydrogen (secondary N) is 1. The van der Waals surface area contributed by atoms with Gasteiger partial charge < -0.3 is 15.2 Å². The molecule has 0 atom stereocenters. The van der Waals surface area contributed by atoms with E-state index >= 15 is 0 Å². The summed E-state index contributed by atoms with van der Waals surface area (Å²) < 4.78 is 7.29. The standard InChI is InChI=1S/C21H21ClN6O5S/c22-14-1-3-15(4-2-14)27-19(12-26-7-9-33-10-8-26)24-25-21(27)34-13-20(30)23-17-6-5-16(28(31)32)11-18(17)29/h1-6,11,29H,7-10,12-13H2,(H,23,30). The number of hydrogen-bond donors (Lipinski definition) is 2. The van der Waals surface area contributed by atoms with E-state index in [9.17, 15) is 20.0 Å². The van der Waals surface area contributed by atoms with Crippen LogP contribution in [0.2, 0.25) is 5.02 Å². The second-order valence-corrected chi connectivity index (χ2v) is 8.77. The van der Waals surface area contributed by atoms with Gasteiger partial charge in [0.2, 0.25) is 5.91 Å². The number of hydrogen-bond acceptors (Lipinski definition) is 9. The summed E-state index contributed by atoms with van der Waals surface area (Å²) in [6.07, 6.45) is 0. The molecular weight excluding hydrogens is 484 g/mol. The SMILES string of the molecule is O=C(CSc1nnc(CN2CCOCC2)n1-c1ccc(Cl)cc1)Nc1ccc([N+](=O)[O-])cc1O. The van der Waals surface area contributed by atoms with Crippen molar-refractivity contribution >= 4 is 40.6 Å². The van der Waals surface area contributed by atoms with Gasteiger partial charge in [-0.25, -0.2) is 0 Å². The molecule has 0 saturated carbocycles. The Morgan fingerprint density at radius 1 is 1.21 bits per heavy atom. The molecular formula is C21H21ClN6O5S. The van der Waals surface area contributed by atoms with E-state index in [0.717, 1.165) is 30.7 Å². The van der Waals surface area contributed by atoms with Crippen LogP contribution in [0.4, 0.5) is 11.4 Å². The largest absolute Gasteiger partial charge is 0.506 e. The van der Waals surface area contributed by atoms with Crippen molar-refractivity contribution < 1.29 is 19.6 Å². The summed E-state index contributed by atoms with van der Waals surface area (Å²) in [7, 11) is 0. The van der Waals surface area contributed by atoms with Crippen LogP contribution in [0.15, 0.2) is 47.6 Å². The molecule has 0 spiro atoms. The summed E-state index contributed by atoms with van der Waals surface area (Å²) in [4.78, 5) is 24.9. The number of thioether (sulfide) groups is 1. The molecule has 0 aliphatic carbocycles. The van der Waals surface area contributed by atoms with Crippen LogP contribution in [-0.4, -0.2) is 67.7 Å². The first-order valence-electron chi connectivity index (χ1n) is 10.3. The Labute approximate surface area is 203 Å². The first-order chi connectivity index (χ1) is 16.4. The van der Waals surface area contributed by atoms with Crippen molar-refractivity contribution in [3.8, 4) is 11.4 Å². The summed E-state index contributed by atoms with van der Waals surface area (Å²) in [6, 6.07) is 10.7. The number of anilines is 1. The molecule has 4 rings (SSSR count). The number of halogens is 1. The van der Waals surface area contributed by atoms with E-state index in [4.69, 9.17) is 16.3 Å². The molecule has 2 aromatic carbocycles. The number of benzene rings is 2. The maximum absolute atomic E-state index is 12.5. The number of phenolic OH excluding ortho intramolecular Hbond substituents is 1. The van der Waals surface area contributed by atoms with Gasteiger partial charge >= 0.3 is 0 Å². The Kier molecular flexibility index (Phi) is 7.63. The van der Waals surface area contributed by atoms with Gasteiger partial charge in [-0.1, -0.05) is 23.4 Å².